The standard InChI is InChI=1S/C14H14N4O3/c1-3-21-14(19)13-12(8-15)18(17-16-13)9-10-4-6-11(20-2)7-5-10/h4-7H,3,9H2,1-2H3. The number of hydrogen-bond acceptors (Lipinski definition) is 6. The van der Waals surface area contributed by atoms with E-state index in [1.165, 1.54) is 4.68 Å². The molecule has 7 nitrogen and oxygen atoms in total. The highest BCUT2D eigenvalue weighted by atomic mass is 16.5. The molecule has 0 aliphatic heterocycles. The molecule has 0 fully saturated rings. The van der Waals surface area contributed by atoms with Crippen molar-refractivity contribution in [2.75, 3.05) is 13.7 Å². The zero-order valence-corrected chi connectivity index (χ0v) is 11.7. The second-order valence-electron chi connectivity index (χ2n) is 4.12. The third kappa shape index (κ3) is 3.17. The molecule has 2 rings (SSSR count). The predicted molar refractivity (Wildman–Crippen MR) is 72.8 cm³/mol. The van der Waals surface area contributed by atoms with Crippen LogP contribution in [0.2, 0.25) is 0 Å². The van der Waals surface area contributed by atoms with Crippen molar-refractivity contribution in [2.24, 2.45) is 0 Å². The van der Waals surface area contributed by atoms with Gasteiger partial charge in [0.15, 0.2) is 5.69 Å². The Kier molecular flexibility index (Phi) is 4.51. The molecule has 1 aromatic heterocycles. The maximum Gasteiger partial charge on any atom is 0.361 e. The molecule has 0 aliphatic rings. The molecule has 0 aliphatic carbocycles. The number of nitrogens with zero attached hydrogens (tertiary/aromatic N) is 4. The molecule has 2 aromatic rings. The predicted octanol–water partition coefficient (Wildman–Crippen LogP) is 1.38. The summed E-state index contributed by atoms with van der Waals surface area (Å²) in [6.07, 6.45) is 0. The van der Waals surface area contributed by atoms with Crippen LogP contribution in [0.25, 0.3) is 0 Å². The topological polar surface area (TPSA) is 90.0 Å². The summed E-state index contributed by atoms with van der Waals surface area (Å²) >= 11 is 0. The van der Waals surface area contributed by atoms with E-state index in [0.717, 1.165) is 11.3 Å². The molecule has 0 bridgehead atoms. The van der Waals surface area contributed by atoms with Crippen LogP contribution in [0.4, 0.5) is 0 Å². The van der Waals surface area contributed by atoms with Crippen LogP contribution < -0.4 is 4.74 Å². The molecule has 0 N–H and O–H groups in total. The normalized spacial score (nSPS) is 9.95. The average Bonchev–Trinajstić information content (AvgIpc) is 2.91. The molecule has 0 saturated carbocycles. The van der Waals surface area contributed by atoms with Crippen molar-refractivity contribution >= 4 is 5.97 Å². The highest BCUT2D eigenvalue weighted by Gasteiger charge is 2.20. The number of nitriles is 1. The summed E-state index contributed by atoms with van der Waals surface area (Å²) in [5.74, 6) is 0.0973. The lowest BCUT2D eigenvalue weighted by molar-refractivity contribution is 0.0519. The summed E-state index contributed by atoms with van der Waals surface area (Å²) < 4.78 is 11.3. The first-order valence-corrected chi connectivity index (χ1v) is 6.33. The van der Waals surface area contributed by atoms with E-state index in [-0.39, 0.29) is 18.0 Å². The van der Waals surface area contributed by atoms with Gasteiger partial charge in [-0.1, -0.05) is 17.3 Å². The molecular weight excluding hydrogens is 272 g/mol. The highest BCUT2D eigenvalue weighted by Crippen LogP contribution is 2.14. The number of benzene rings is 1. The largest absolute Gasteiger partial charge is 0.497 e. The van der Waals surface area contributed by atoms with Crippen LogP contribution in [0, 0.1) is 11.3 Å². The smallest absolute Gasteiger partial charge is 0.361 e. The van der Waals surface area contributed by atoms with Crippen LogP contribution >= 0.6 is 0 Å². The molecule has 0 spiro atoms. The number of hydrogen-bond donors (Lipinski definition) is 0. The van der Waals surface area contributed by atoms with E-state index in [0.29, 0.717) is 6.54 Å². The number of esters is 1. The van der Waals surface area contributed by atoms with Gasteiger partial charge < -0.3 is 9.47 Å². The SMILES string of the molecule is CCOC(=O)c1nnn(Cc2ccc(OC)cc2)c1C#N. The maximum atomic E-state index is 11.7. The number of ether oxygens (including phenoxy) is 2. The number of carbonyl (C=O) groups excluding carboxylic acids is 1. The Morgan fingerprint density at radius 1 is 1.38 bits per heavy atom. The van der Waals surface area contributed by atoms with Crippen molar-refractivity contribution in [3.63, 3.8) is 0 Å². The molecule has 0 amide bonds. The minimum Gasteiger partial charge on any atom is -0.497 e. The van der Waals surface area contributed by atoms with Gasteiger partial charge in [-0.05, 0) is 24.6 Å². The van der Waals surface area contributed by atoms with Gasteiger partial charge in [-0.25, -0.2) is 9.48 Å². The monoisotopic (exact) mass is 286 g/mol. The first kappa shape index (κ1) is 14.5. The highest BCUT2D eigenvalue weighted by molar-refractivity contribution is 5.89. The molecule has 0 unspecified atom stereocenters. The second-order valence-corrected chi connectivity index (χ2v) is 4.12. The van der Waals surface area contributed by atoms with Gasteiger partial charge in [-0.2, -0.15) is 5.26 Å². The Morgan fingerprint density at radius 2 is 2.10 bits per heavy atom. The zero-order chi connectivity index (χ0) is 15.2. The van der Waals surface area contributed by atoms with Crippen LogP contribution in [-0.2, 0) is 11.3 Å². The Hall–Kier alpha value is -2.88. The number of methoxy groups -OCH3 is 1. The summed E-state index contributed by atoms with van der Waals surface area (Å²) in [6, 6.07) is 9.26. The fraction of sp³-hybridized carbons (Fsp3) is 0.286. The minimum absolute atomic E-state index is 0.0622. The van der Waals surface area contributed by atoms with Crippen LogP contribution in [0.5, 0.6) is 5.75 Å². The molecule has 1 heterocycles. The van der Waals surface area contributed by atoms with Gasteiger partial charge in [0.2, 0.25) is 5.69 Å². The fourth-order valence-corrected chi connectivity index (χ4v) is 1.78. The van der Waals surface area contributed by atoms with Gasteiger partial charge in [-0.15, -0.1) is 5.10 Å². The van der Waals surface area contributed by atoms with Crippen molar-refractivity contribution in [3.8, 4) is 11.8 Å². The van der Waals surface area contributed by atoms with E-state index in [2.05, 4.69) is 10.3 Å². The average molecular weight is 286 g/mol. The lowest BCUT2D eigenvalue weighted by atomic mass is 10.2. The van der Waals surface area contributed by atoms with Crippen molar-refractivity contribution in [2.45, 2.75) is 13.5 Å². The third-order valence-electron chi connectivity index (χ3n) is 2.80. The Labute approximate surface area is 121 Å². The lowest BCUT2D eigenvalue weighted by Gasteiger charge is -2.04. The minimum atomic E-state index is -0.643. The molecule has 7 heteroatoms. The van der Waals surface area contributed by atoms with Gasteiger partial charge in [0.25, 0.3) is 0 Å². The van der Waals surface area contributed by atoms with Crippen molar-refractivity contribution in [3.05, 3.63) is 41.2 Å². The lowest BCUT2D eigenvalue weighted by Crippen LogP contribution is -2.09. The van der Waals surface area contributed by atoms with Crippen LogP contribution in [0.15, 0.2) is 24.3 Å². The first-order chi connectivity index (χ1) is 10.2. The Bertz CT molecular complexity index is 671. The van der Waals surface area contributed by atoms with Crippen LogP contribution in [0.3, 0.4) is 0 Å². The molecule has 1 aromatic carbocycles. The molecule has 108 valence electrons. The van der Waals surface area contributed by atoms with E-state index in [1.54, 1.807) is 14.0 Å². The van der Waals surface area contributed by atoms with Crippen molar-refractivity contribution in [1.29, 1.82) is 5.26 Å². The molecule has 0 atom stereocenters. The quantitative estimate of drug-likeness (QED) is 0.771. The van der Waals surface area contributed by atoms with Gasteiger partial charge >= 0.3 is 5.97 Å². The van der Waals surface area contributed by atoms with Crippen molar-refractivity contribution in [1.82, 2.24) is 15.0 Å². The first-order valence-electron chi connectivity index (χ1n) is 6.33. The summed E-state index contributed by atoms with van der Waals surface area (Å²) in [5, 5.41) is 16.8. The van der Waals surface area contributed by atoms with E-state index in [4.69, 9.17) is 9.47 Å². The van der Waals surface area contributed by atoms with Crippen LogP contribution in [-0.4, -0.2) is 34.7 Å². The summed E-state index contributed by atoms with van der Waals surface area (Å²) in [7, 11) is 1.59. The zero-order valence-electron chi connectivity index (χ0n) is 11.7. The van der Waals surface area contributed by atoms with Crippen LogP contribution in [0.1, 0.15) is 28.7 Å². The maximum absolute atomic E-state index is 11.7. The van der Waals surface area contributed by atoms with Gasteiger partial charge in [0, 0.05) is 0 Å². The Morgan fingerprint density at radius 3 is 2.67 bits per heavy atom. The van der Waals surface area contributed by atoms with E-state index in [1.807, 2.05) is 30.3 Å². The van der Waals surface area contributed by atoms with Gasteiger partial charge in [0.05, 0.1) is 20.3 Å². The molecule has 0 radical (unpaired) electrons. The molecule has 21 heavy (non-hydrogen) atoms. The van der Waals surface area contributed by atoms with Gasteiger partial charge in [0.1, 0.15) is 11.8 Å². The number of aromatic nitrogens is 3. The third-order valence-corrected chi connectivity index (χ3v) is 2.80. The summed E-state index contributed by atoms with van der Waals surface area (Å²) in [6.45, 7) is 2.24. The second kappa shape index (κ2) is 6.52. The summed E-state index contributed by atoms with van der Waals surface area (Å²) in [4.78, 5) is 11.7. The van der Waals surface area contributed by atoms with E-state index in [9.17, 15) is 10.1 Å². The number of carbonyl (C=O) groups is 1. The number of rotatable bonds is 5. The molecule has 0 saturated heterocycles. The van der Waals surface area contributed by atoms with E-state index < -0.39 is 5.97 Å². The molecular formula is C14H14N4O3. The summed E-state index contributed by atoms with van der Waals surface area (Å²) in [5.41, 5.74) is 0.935. The van der Waals surface area contributed by atoms with Gasteiger partial charge in [-0.3, -0.25) is 0 Å². The van der Waals surface area contributed by atoms with Crippen molar-refractivity contribution < 1.29 is 14.3 Å². The van der Waals surface area contributed by atoms with E-state index >= 15 is 0 Å². The Balaban J connectivity index is 2.24. The fourth-order valence-electron chi connectivity index (χ4n) is 1.78.